The zero-order valence-electron chi connectivity index (χ0n) is 10.5. The highest BCUT2D eigenvalue weighted by atomic mass is 79.9. The predicted molar refractivity (Wildman–Crippen MR) is 70.8 cm³/mol. The van der Waals surface area contributed by atoms with E-state index in [-0.39, 0.29) is 11.8 Å². The molecule has 0 unspecified atom stereocenters. The molecule has 1 fully saturated rings. The average Bonchev–Trinajstić information content (AvgIpc) is 2.23. The first-order valence-corrected chi connectivity index (χ1v) is 6.91. The quantitative estimate of drug-likeness (QED) is 0.793. The molecule has 18 heavy (non-hydrogen) atoms. The summed E-state index contributed by atoms with van der Waals surface area (Å²) in [7, 11) is 0. The molecule has 2 rings (SSSR count). The lowest BCUT2D eigenvalue weighted by atomic mass is 9.59. The van der Waals surface area contributed by atoms with Gasteiger partial charge in [-0.25, -0.2) is 4.39 Å². The van der Waals surface area contributed by atoms with Crippen molar-refractivity contribution in [3.05, 3.63) is 34.1 Å². The molecule has 0 aliphatic heterocycles. The molecule has 2 nitrogen and oxygen atoms in total. The average molecular weight is 315 g/mol. The number of ether oxygens (including phenoxy) is 1. The Labute approximate surface area is 115 Å². The van der Waals surface area contributed by atoms with E-state index in [1.54, 1.807) is 6.92 Å². The molecule has 1 aromatic rings. The maximum atomic E-state index is 13.5. The molecule has 4 heteroatoms. The Morgan fingerprint density at radius 3 is 2.67 bits per heavy atom. The van der Waals surface area contributed by atoms with Crippen LogP contribution in [0.25, 0.3) is 0 Å². The second-order valence-corrected chi connectivity index (χ2v) is 5.89. The monoisotopic (exact) mass is 314 g/mol. The van der Waals surface area contributed by atoms with Crippen LogP contribution in [0.5, 0.6) is 0 Å². The summed E-state index contributed by atoms with van der Waals surface area (Å²) in [6.45, 7) is 4.23. The highest BCUT2D eigenvalue weighted by Gasteiger charge is 2.51. The summed E-state index contributed by atoms with van der Waals surface area (Å²) < 4.78 is 19.3. The fraction of sp³-hybridized carbons (Fsp3) is 0.500. The van der Waals surface area contributed by atoms with Crippen molar-refractivity contribution in [1.82, 2.24) is 0 Å². The number of hydrogen-bond donors (Lipinski definition) is 0. The lowest BCUT2D eigenvalue weighted by Gasteiger charge is -2.44. The molecule has 1 aromatic carbocycles. The van der Waals surface area contributed by atoms with Gasteiger partial charge in [-0.2, -0.15) is 0 Å². The normalized spacial score (nSPS) is 26.6. The zero-order chi connectivity index (χ0) is 13.3. The van der Waals surface area contributed by atoms with Crippen LogP contribution < -0.4 is 0 Å². The van der Waals surface area contributed by atoms with Gasteiger partial charge in [-0.1, -0.05) is 22.9 Å². The SMILES string of the molecule is CCOC(=O)C1(c2cc(F)cc(Br)c2)CC(C)C1. The third-order valence-electron chi connectivity index (χ3n) is 3.48. The smallest absolute Gasteiger partial charge is 0.316 e. The van der Waals surface area contributed by atoms with Gasteiger partial charge in [0.05, 0.1) is 12.0 Å². The minimum absolute atomic E-state index is 0.236. The van der Waals surface area contributed by atoms with E-state index in [1.807, 2.05) is 6.07 Å². The lowest BCUT2D eigenvalue weighted by Crippen LogP contribution is -2.48. The summed E-state index contributed by atoms with van der Waals surface area (Å²) in [6, 6.07) is 4.64. The van der Waals surface area contributed by atoms with Crippen LogP contribution in [0.2, 0.25) is 0 Å². The van der Waals surface area contributed by atoms with E-state index in [0.717, 1.165) is 12.8 Å². The van der Waals surface area contributed by atoms with Gasteiger partial charge >= 0.3 is 5.97 Å². The van der Waals surface area contributed by atoms with E-state index in [2.05, 4.69) is 22.9 Å². The van der Waals surface area contributed by atoms with Crippen LogP contribution in [0.1, 0.15) is 32.3 Å². The van der Waals surface area contributed by atoms with E-state index in [1.165, 1.54) is 12.1 Å². The van der Waals surface area contributed by atoms with Gasteiger partial charge in [0.15, 0.2) is 0 Å². The van der Waals surface area contributed by atoms with Crippen molar-refractivity contribution in [1.29, 1.82) is 0 Å². The molecule has 0 radical (unpaired) electrons. The van der Waals surface area contributed by atoms with Gasteiger partial charge < -0.3 is 4.74 Å². The Bertz CT molecular complexity index is 447. The summed E-state index contributed by atoms with van der Waals surface area (Å²) in [6.07, 6.45) is 1.45. The Morgan fingerprint density at radius 2 is 2.17 bits per heavy atom. The summed E-state index contributed by atoms with van der Waals surface area (Å²) in [5.74, 6) is -0.0975. The number of halogens is 2. The largest absolute Gasteiger partial charge is 0.465 e. The van der Waals surface area contributed by atoms with E-state index in [9.17, 15) is 9.18 Å². The fourth-order valence-corrected chi connectivity index (χ4v) is 3.21. The first kappa shape index (κ1) is 13.5. The minimum atomic E-state index is -0.653. The number of carbonyl (C=O) groups excluding carboxylic acids is 1. The van der Waals surface area contributed by atoms with Crippen molar-refractivity contribution >= 4 is 21.9 Å². The summed E-state index contributed by atoms with van der Waals surface area (Å²) in [5.41, 5.74) is 0.0611. The Balaban J connectivity index is 2.38. The standard InChI is InChI=1S/C14H16BrFO2/c1-3-18-13(17)14(7-9(2)8-14)10-4-11(15)6-12(16)5-10/h4-6,9H,3,7-8H2,1-2H3. The third-order valence-corrected chi connectivity index (χ3v) is 3.93. The number of esters is 1. The molecular weight excluding hydrogens is 299 g/mol. The molecule has 98 valence electrons. The van der Waals surface area contributed by atoms with Crippen LogP contribution in [0.4, 0.5) is 4.39 Å². The molecule has 0 heterocycles. The summed E-state index contributed by atoms with van der Waals surface area (Å²) in [4.78, 5) is 12.2. The predicted octanol–water partition coefficient (Wildman–Crippen LogP) is 3.82. The second-order valence-electron chi connectivity index (χ2n) is 4.97. The van der Waals surface area contributed by atoms with Crippen molar-refractivity contribution < 1.29 is 13.9 Å². The Hall–Kier alpha value is -0.900. The Kier molecular flexibility index (Phi) is 3.76. The first-order valence-electron chi connectivity index (χ1n) is 6.11. The van der Waals surface area contributed by atoms with E-state index in [0.29, 0.717) is 22.6 Å². The van der Waals surface area contributed by atoms with Crippen molar-refractivity contribution in [3.8, 4) is 0 Å². The van der Waals surface area contributed by atoms with Crippen LogP contribution in [0, 0.1) is 11.7 Å². The zero-order valence-corrected chi connectivity index (χ0v) is 12.1. The second kappa shape index (κ2) is 5.00. The molecule has 0 atom stereocenters. The van der Waals surface area contributed by atoms with Gasteiger partial charge in [0.25, 0.3) is 0 Å². The Morgan fingerprint density at radius 1 is 1.50 bits per heavy atom. The molecule has 0 amide bonds. The minimum Gasteiger partial charge on any atom is -0.465 e. The molecule has 0 spiro atoms. The van der Waals surface area contributed by atoms with Crippen LogP contribution in [0.15, 0.2) is 22.7 Å². The van der Waals surface area contributed by atoms with Crippen molar-refractivity contribution in [3.63, 3.8) is 0 Å². The number of hydrogen-bond acceptors (Lipinski definition) is 2. The van der Waals surface area contributed by atoms with Gasteiger partial charge in [0.2, 0.25) is 0 Å². The van der Waals surface area contributed by atoms with Gasteiger partial charge in [0.1, 0.15) is 5.82 Å². The topological polar surface area (TPSA) is 26.3 Å². The molecule has 1 aliphatic rings. The molecular formula is C14H16BrFO2. The van der Waals surface area contributed by atoms with Gasteiger partial charge in [-0.3, -0.25) is 4.79 Å². The van der Waals surface area contributed by atoms with Crippen molar-refractivity contribution in [2.45, 2.75) is 32.1 Å². The first-order chi connectivity index (χ1) is 8.48. The maximum Gasteiger partial charge on any atom is 0.316 e. The van der Waals surface area contributed by atoms with Gasteiger partial charge in [-0.15, -0.1) is 0 Å². The maximum absolute atomic E-state index is 13.5. The fourth-order valence-electron chi connectivity index (χ4n) is 2.75. The molecule has 0 N–H and O–H groups in total. The third kappa shape index (κ3) is 2.30. The molecule has 0 saturated heterocycles. The van der Waals surface area contributed by atoms with Crippen molar-refractivity contribution in [2.24, 2.45) is 5.92 Å². The number of carbonyl (C=O) groups is 1. The van der Waals surface area contributed by atoms with Crippen molar-refractivity contribution in [2.75, 3.05) is 6.61 Å². The van der Waals surface area contributed by atoms with Crippen LogP contribution >= 0.6 is 15.9 Å². The van der Waals surface area contributed by atoms with Gasteiger partial charge in [0, 0.05) is 4.47 Å². The molecule has 0 aromatic heterocycles. The lowest BCUT2D eigenvalue weighted by molar-refractivity contribution is -0.156. The highest BCUT2D eigenvalue weighted by Crippen LogP contribution is 2.49. The van der Waals surface area contributed by atoms with Gasteiger partial charge in [-0.05, 0) is 49.4 Å². The molecule has 1 aliphatic carbocycles. The van der Waals surface area contributed by atoms with Crippen LogP contribution in [0.3, 0.4) is 0 Å². The van der Waals surface area contributed by atoms with E-state index >= 15 is 0 Å². The number of rotatable bonds is 3. The summed E-state index contributed by atoms with van der Waals surface area (Å²) in [5, 5.41) is 0. The molecule has 0 bridgehead atoms. The summed E-state index contributed by atoms with van der Waals surface area (Å²) >= 11 is 3.27. The van der Waals surface area contributed by atoms with Crippen LogP contribution in [-0.2, 0) is 14.9 Å². The number of benzene rings is 1. The van der Waals surface area contributed by atoms with Crippen LogP contribution in [-0.4, -0.2) is 12.6 Å². The highest BCUT2D eigenvalue weighted by molar-refractivity contribution is 9.10. The van der Waals surface area contributed by atoms with E-state index < -0.39 is 5.41 Å². The molecule has 1 saturated carbocycles. The van der Waals surface area contributed by atoms with E-state index in [4.69, 9.17) is 4.74 Å².